The van der Waals surface area contributed by atoms with E-state index in [9.17, 15) is 4.79 Å². The minimum absolute atomic E-state index is 0.160. The molecule has 0 aliphatic carbocycles. The normalized spacial score (nSPS) is 10.6. The van der Waals surface area contributed by atoms with E-state index in [1.165, 1.54) is 19.3 Å². The van der Waals surface area contributed by atoms with Crippen LogP contribution in [0, 0.1) is 0 Å². The monoisotopic (exact) mass is 359 g/mol. The number of unbranched alkanes of at least 4 members (excludes halogenated alkanes) is 4. The fourth-order valence-electron chi connectivity index (χ4n) is 2.35. The summed E-state index contributed by atoms with van der Waals surface area (Å²) in [5, 5.41) is 0. The number of halogens is 2. The average Bonchev–Trinajstić information content (AvgIpc) is 2.55. The largest absolute Gasteiger partial charge is 0.427 e. The van der Waals surface area contributed by atoms with Crippen molar-refractivity contribution in [2.45, 2.75) is 45.4 Å². The lowest BCUT2D eigenvalue weighted by Gasteiger charge is -2.22. The molecule has 0 saturated heterocycles. The van der Waals surface area contributed by atoms with E-state index in [2.05, 4.69) is 11.8 Å². The molecular formula is C18H27Cl2NO2. The molecule has 130 valence electrons. The summed E-state index contributed by atoms with van der Waals surface area (Å²) in [5.41, 5.74) is 1.03. The second-order valence-electron chi connectivity index (χ2n) is 5.50. The van der Waals surface area contributed by atoms with Crippen molar-refractivity contribution in [1.29, 1.82) is 0 Å². The highest BCUT2D eigenvalue weighted by molar-refractivity contribution is 6.18. The topological polar surface area (TPSA) is 29.5 Å². The van der Waals surface area contributed by atoms with E-state index >= 15 is 0 Å². The van der Waals surface area contributed by atoms with Crippen molar-refractivity contribution in [2.75, 3.05) is 29.7 Å². The fourth-order valence-corrected chi connectivity index (χ4v) is 2.76. The molecule has 5 heteroatoms. The Morgan fingerprint density at radius 1 is 1.00 bits per heavy atom. The number of rotatable bonds is 12. The molecule has 0 spiro atoms. The first kappa shape index (κ1) is 20.1. The lowest BCUT2D eigenvalue weighted by Crippen LogP contribution is -2.27. The number of esters is 1. The summed E-state index contributed by atoms with van der Waals surface area (Å²) in [5.74, 6) is 1.52. The predicted octanol–water partition coefficient (Wildman–Crippen LogP) is 5.24. The van der Waals surface area contributed by atoms with Crippen molar-refractivity contribution in [1.82, 2.24) is 0 Å². The molecule has 0 bridgehead atoms. The van der Waals surface area contributed by atoms with E-state index in [1.807, 2.05) is 24.3 Å². The highest BCUT2D eigenvalue weighted by Crippen LogP contribution is 2.20. The van der Waals surface area contributed by atoms with Gasteiger partial charge in [-0.25, -0.2) is 0 Å². The molecule has 0 fully saturated rings. The summed E-state index contributed by atoms with van der Waals surface area (Å²) < 4.78 is 5.37. The number of alkyl halides is 2. The van der Waals surface area contributed by atoms with E-state index < -0.39 is 0 Å². The Hall–Kier alpha value is -0.930. The smallest absolute Gasteiger partial charge is 0.311 e. The highest BCUT2D eigenvalue weighted by atomic mass is 35.5. The molecule has 0 radical (unpaired) electrons. The molecular weight excluding hydrogens is 333 g/mol. The van der Waals surface area contributed by atoms with Gasteiger partial charge in [0.25, 0.3) is 0 Å². The lowest BCUT2D eigenvalue weighted by molar-refractivity contribution is -0.134. The van der Waals surface area contributed by atoms with Gasteiger partial charge in [0.05, 0.1) is 0 Å². The van der Waals surface area contributed by atoms with Gasteiger partial charge in [-0.2, -0.15) is 0 Å². The summed E-state index contributed by atoms with van der Waals surface area (Å²) in [6, 6.07) is 7.51. The molecule has 0 aromatic heterocycles. The molecule has 0 amide bonds. The summed E-state index contributed by atoms with van der Waals surface area (Å²) in [7, 11) is 0. The quantitative estimate of drug-likeness (QED) is 0.221. The Morgan fingerprint density at radius 2 is 1.61 bits per heavy atom. The second-order valence-corrected chi connectivity index (χ2v) is 6.25. The molecule has 23 heavy (non-hydrogen) atoms. The van der Waals surface area contributed by atoms with Gasteiger partial charge in [0, 0.05) is 37.0 Å². The van der Waals surface area contributed by atoms with E-state index in [-0.39, 0.29) is 5.97 Å². The zero-order valence-corrected chi connectivity index (χ0v) is 15.4. The van der Waals surface area contributed by atoms with Crippen molar-refractivity contribution in [3.63, 3.8) is 0 Å². The Bertz CT molecular complexity index is 431. The van der Waals surface area contributed by atoms with Crippen LogP contribution in [0.3, 0.4) is 0 Å². The number of hydrogen-bond donors (Lipinski definition) is 0. The molecule has 0 atom stereocenters. The number of carbonyl (C=O) groups is 1. The van der Waals surface area contributed by atoms with Crippen LogP contribution >= 0.6 is 23.2 Å². The van der Waals surface area contributed by atoms with Crippen molar-refractivity contribution >= 4 is 34.9 Å². The van der Waals surface area contributed by atoms with Gasteiger partial charge in [-0.15, -0.1) is 23.2 Å². The van der Waals surface area contributed by atoms with Crippen LogP contribution in [-0.2, 0) is 4.79 Å². The van der Waals surface area contributed by atoms with Gasteiger partial charge in [-0.1, -0.05) is 32.6 Å². The van der Waals surface area contributed by atoms with Gasteiger partial charge in [-0.3, -0.25) is 4.79 Å². The SMILES string of the molecule is CCCCCCCC(=O)Oc1ccc(N(CCCl)CCCl)cc1. The summed E-state index contributed by atoms with van der Waals surface area (Å²) in [6.45, 7) is 3.66. The van der Waals surface area contributed by atoms with Gasteiger partial charge >= 0.3 is 5.97 Å². The standard InChI is InChI=1S/C18H27Cl2NO2/c1-2-3-4-5-6-7-18(22)23-17-10-8-16(9-11-17)21(14-12-19)15-13-20/h8-11H,2-7,12-15H2,1H3. The van der Waals surface area contributed by atoms with Crippen LogP contribution < -0.4 is 9.64 Å². The van der Waals surface area contributed by atoms with Crippen molar-refractivity contribution < 1.29 is 9.53 Å². The number of carbonyl (C=O) groups excluding carboxylic acids is 1. The van der Waals surface area contributed by atoms with Crippen LogP contribution in [0.15, 0.2) is 24.3 Å². The summed E-state index contributed by atoms with van der Waals surface area (Å²) in [6.07, 6.45) is 6.11. The second kappa shape index (κ2) is 12.5. The summed E-state index contributed by atoms with van der Waals surface area (Å²) in [4.78, 5) is 13.9. The maximum Gasteiger partial charge on any atom is 0.311 e. The number of anilines is 1. The first-order valence-corrected chi connectivity index (χ1v) is 9.45. The molecule has 1 aromatic rings. The molecule has 0 heterocycles. The molecule has 0 aliphatic rings. The predicted molar refractivity (Wildman–Crippen MR) is 99.1 cm³/mol. The van der Waals surface area contributed by atoms with Gasteiger partial charge in [0.2, 0.25) is 0 Å². The van der Waals surface area contributed by atoms with Crippen LogP contribution in [0.2, 0.25) is 0 Å². The number of nitrogens with zero attached hydrogens (tertiary/aromatic N) is 1. The zero-order chi connectivity index (χ0) is 16.9. The highest BCUT2D eigenvalue weighted by Gasteiger charge is 2.08. The third-order valence-corrected chi connectivity index (χ3v) is 3.96. The van der Waals surface area contributed by atoms with Crippen LogP contribution in [-0.4, -0.2) is 30.8 Å². The molecule has 1 rings (SSSR count). The third kappa shape index (κ3) is 8.47. The van der Waals surface area contributed by atoms with Gasteiger partial charge in [0.15, 0.2) is 0 Å². The lowest BCUT2D eigenvalue weighted by atomic mass is 10.1. The van der Waals surface area contributed by atoms with Gasteiger partial charge in [0.1, 0.15) is 5.75 Å². The van der Waals surface area contributed by atoms with Crippen LogP contribution in [0.1, 0.15) is 45.4 Å². The Balaban J connectivity index is 2.41. The number of hydrogen-bond acceptors (Lipinski definition) is 3. The Labute approximate surface area is 149 Å². The van der Waals surface area contributed by atoms with Crippen molar-refractivity contribution in [3.05, 3.63) is 24.3 Å². The van der Waals surface area contributed by atoms with Crippen LogP contribution in [0.25, 0.3) is 0 Å². The number of ether oxygens (including phenoxy) is 1. The molecule has 1 aromatic carbocycles. The van der Waals surface area contributed by atoms with E-state index in [4.69, 9.17) is 27.9 Å². The first-order valence-electron chi connectivity index (χ1n) is 8.38. The van der Waals surface area contributed by atoms with E-state index in [1.54, 1.807) is 0 Å². The van der Waals surface area contributed by atoms with Crippen molar-refractivity contribution in [2.24, 2.45) is 0 Å². The van der Waals surface area contributed by atoms with E-state index in [0.29, 0.717) is 23.9 Å². The Morgan fingerprint density at radius 3 is 2.17 bits per heavy atom. The molecule has 3 nitrogen and oxygen atoms in total. The summed E-state index contributed by atoms with van der Waals surface area (Å²) >= 11 is 11.6. The molecule has 0 saturated carbocycles. The minimum atomic E-state index is -0.160. The molecule has 0 unspecified atom stereocenters. The Kier molecular flexibility index (Phi) is 10.9. The number of benzene rings is 1. The fraction of sp³-hybridized carbons (Fsp3) is 0.611. The van der Waals surface area contributed by atoms with Crippen LogP contribution in [0.5, 0.6) is 5.75 Å². The third-order valence-electron chi connectivity index (χ3n) is 3.63. The zero-order valence-electron chi connectivity index (χ0n) is 13.9. The van der Waals surface area contributed by atoms with Crippen LogP contribution in [0.4, 0.5) is 5.69 Å². The molecule has 0 N–H and O–H groups in total. The molecule has 0 aliphatic heterocycles. The van der Waals surface area contributed by atoms with Crippen molar-refractivity contribution in [3.8, 4) is 5.75 Å². The maximum atomic E-state index is 11.8. The maximum absolute atomic E-state index is 11.8. The van der Waals surface area contributed by atoms with E-state index in [0.717, 1.165) is 31.6 Å². The average molecular weight is 360 g/mol. The first-order chi connectivity index (χ1) is 11.2. The minimum Gasteiger partial charge on any atom is -0.427 e. The van der Waals surface area contributed by atoms with Gasteiger partial charge in [-0.05, 0) is 30.7 Å². The van der Waals surface area contributed by atoms with Gasteiger partial charge < -0.3 is 9.64 Å².